The summed E-state index contributed by atoms with van der Waals surface area (Å²) in [5.41, 5.74) is 2.58. The number of nitrogens with one attached hydrogen (secondary N) is 2. The molecule has 2 aromatic carbocycles. The molecule has 1 aliphatic heterocycles. The SMILES string of the molecule is COc1ccc(NC(=O)C2=C(C)Nc3ncnn3C2c2ccc(Cl)cc2)c(OC)c1. The van der Waals surface area contributed by atoms with Crippen molar-refractivity contribution < 1.29 is 14.3 Å². The Morgan fingerprint density at radius 3 is 2.63 bits per heavy atom. The summed E-state index contributed by atoms with van der Waals surface area (Å²) in [4.78, 5) is 17.6. The summed E-state index contributed by atoms with van der Waals surface area (Å²) >= 11 is 6.06. The van der Waals surface area contributed by atoms with Crippen molar-refractivity contribution in [3.8, 4) is 11.5 Å². The maximum absolute atomic E-state index is 13.4. The van der Waals surface area contributed by atoms with Gasteiger partial charge in [0.1, 0.15) is 23.9 Å². The summed E-state index contributed by atoms with van der Waals surface area (Å²) in [6.07, 6.45) is 1.45. The number of fused-ring (bicyclic) bond motifs is 1. The van der Waals surface area contributed by atoms with Crippen LogP contribution in [0.2, 0.25) is 5.02 Å². The standard InChI is InChI=1S/C21H20ClN5O3/c1-12-18(20(28)26-16-9-8-15(29-2)10-17(16)30-3)19(13-4-6-14(22)7-5-13)27-21(25-12)23-11-24-27/h4-11,19H,1-3H3,(H,26,28)(H,23,24,25). The number of nitrogens with zero attached hydrogens (tertiary/aromatic N) is 3. The second-order valence-electron chi connectivity index (χ2n) is 6.67. The Morgan fingerprint density at radius 2 is 1.93 bits per heavy atom. The minimum absolute atomic E-state index is 0.287. The van der Waals surface area contributed by atoms with E-state index in [1.165, 1.54) is 13.4 Å². The fraction of sp³-hybridized carbons (Fsp3) is 0.190. The van der Waals surface area contributed by atoms with Gasteiger partial charge in [0.15, 0.2) is 0 Å². The lowest BCUT2D eigenvalue weighted by molar-refractivity contribution is -0.113. The van der Waals surface area contributed by atoms with Crippen molar-refractivity contribution >= 4 is 29.1 Å². The van der Waals surface area contributed by atoms with Crippen molar-refractivity contribution in [3.05, 3.63) is 70.6 Å². The van der Waals surface area contributed by atoms with E-state index in [4.69, 9.17) is 21.1 Å². The van der Waals surface area contributed by atoms with Gasteiger partial charge in [0.05, 0.1) is 25.5 Å². The molecule has 30 heavy (non-hydrogen) atoms. The number of aromatic nitrogens is 3. The van der Waals surface area contributed by atoms with Crippen LogP contribution in [0.15, 0.2) is 60.1 Å². The molecule has 3 aromatic rings. The van der Waals surface area contributed by atoms with E-state index >= 15 is 0 Å². The molecule has 1 atom stereocenters. The monoisotopic (exact) mass is 425 g/mol. The van der Waals surface area contributed by atoms with E-state index in [1.807, 2.05) is 19.1 Å². The number of allylic oxidation sites excluding steroid dienone is 1. The average Bonchev–Trinajstić information content (AvgIpc) is 3.21. The van der Waals surface area contributed by atoms with Gasteiger partial charge < -0.3 is 20.1 Å². The molecule has 2 N–H and O–H groups in total. The highest BCUT2D eigenvalue weighted by atomic mass is 35.5. The number of carbonyl (C=O) groups excluding carboxylic acids is 1. The summed E-state index contributed by atoms with van der Waals surface area (Å²) in [6.45, 7) is 1.83. The lowest BCUT2D eigenvalue weighted by Gasteiger charge is -2.29. The van der Waals surface area contributed by atoms with Gasteiger partial charge in [-0.3, -0.25) is 4.79 Å². The first kappa shape index (κ1) is 19.8. The smallest absolute Gasteiger partial charge is 0.255 e. The van der Waals surface area contributed by atoms with Crippen molar-refractivity contribution in [2.24, 2.45) is 0 Å². The number of rotatable bonds is 5. The highest BCUT2D eigenvalue weighted by molar-refractivity contribution is 6.30. The van der Waals surface area contributed by atoms with Crippen LogP contribution in [-0.2, 0) is 4.79 Å². The van der Waals surface area contributed by atoms with Crippen LogP contribution in [-0.4, -0.2) is 34.9 Å². The molecule has 1 aromatic heterocycles. The molecule has 0 spiro atoms. The summed E-state index contributed by atoms with van der Waals surface area (Å²) in [5, 5.41) is 11.0. The van der Waals surface area contributed by atoms with Gasteiger partial charge >= 0.3 is 0 Å². The molecule has 2 heterocycles. The Morgan fingerprint density at radius 1 is 1.17 bits per heavy atom. The molecule has 4 rings (SSSR count). The van der Waals surface area contributed by atoms with E-state index in [9.17, 15) is 4.79 Å². The van der Waals surface area contributed by atoms with Crippen molar-refractivity contribution in [1.29, 1.82) is 0 Å². The fourth-order valence-electron chi connectivity index (χ4n) is 3.43. The quantitative estimate of drug-likeness (QED) is 0.644. The molecule has 1 unspecified atom stereocenters. The lowest BCUT2D eigenvalue weighted by Crippen LogP contribution is -2.31. The van der Waals surface area contributed by atoms with Gasteiger partial charge in [0.25, 0.3) is 5.91 Å². The molecule has 0 aliphatic carbocycles. The van der Waals surface area contributed by atoms with Gasteiger partial charge in [-0.1, -0.05) is 23.7 Å². The molecule has 1 aliphatic rings. The lowest BCUT2D eigenvalue weighted by atomic mass is 9.95. The molecular formula is C21H20ClN5O3. The fourth-order valence-corrected chi connectivity index (χ4v) is 3.56. The number of hydrogen-bond acceptors (Lipinski definition) is 6. The van der Waals surface area contributed by atoms with Crippen LogP contribution < -0.4 is 20.1 Å². The summed E-state index contributed by atoms with van der Waals surface area (Å²) in [5.74, 6) is 1.40. The highest BCUT2D eigenvalue weighted by Gasteiger charge is 2.33. The second kappa shape index (κ2) is 8.08. The molecule has 0 bridgehead atoms. The van der Waals surface area contributed by atoms with E-state index in [2.05, 4.69) is 20.7 Å². The van der Waals surface area contributed by atoms with Crippen LogP contribution in [0.25, 0.3) is 0 Å². The van der Waals surface area contributed by atoms with Crippen molar-refractivity contribution in [1.82, 2.24) is 14.8 Å². The molecule has 1 amide bonds. The molecule has 0 saturated heterocycles. The van der Waals surface area contributed by atoms with Gasteiger partial charge in [-0.25, -0.2) is 4.68 Å². The largest absolute Gasteiger partial charge is 0.497 e. The first-order chi connectivity index (χ1) is 14.5. The predicted molar refractivity (Wildman–Crippen MR) is 114 cm³/mol. The molecule has 9 heteroatoms. The number of anilines is 2. The van der Waals surface area contributed by atoms with Gasteiger partial charge in [0, 0.05) is 16.8 Å². The van der Waals surface area contributed by atoms with Crippen LogP contribution in [0, 0.1) is 0 Å². The normalized spacial score (nSPS) is 15.3. The van der Waals surface area contributed by atoms with E-state index < -0.39 is 6.04 Å². The number of methoxy groups -OCH3 is 2. The number of benzene rings is 2. The van der Waals surface area contributed by atoms with Crippen molar-refractivity contribution in [2.45, 2.75) is 13.0 Å². The van der Waals surface area contributed by atoms with Crippen molar-refractivity contribution in [2.75, 3.05) is 24.9 Å². The average molecular weight is 426 g/mol. The van der Waals surface area contributed by atoms with Gasteiger partial charge in [0.2, 0.25) is 5.95 Å². The minimum Gasteiger partial charge on any atom is -0.497 e. The Bertz CT molecular complexity index is 1120. The van der Waals surface area contributed by atoms with Crippen LogP contribution in [0.1, 0.15) is 18.5 Å². The maximum atomic E-state index is 13.4. The van der Waals surface area contributed by atoms with E-state index in [0.29, 0.717) is 39.4 Å². The summed E-state index contributed by atoms with van der Waals surface area (Å²) < 4.78 is 12.3. The Hall–Kier alpha value is -3.52. The number of hydrogen-bond donors (Lipinski definition) is 2. The van der Waals surface area contributed by atoms with Crippen LogP contribution in [0.4, 0.5) is 11.6 Å². The first-order valence-corrected chi connectivity index (χ1v) is 9.55. The zero-order chi connectivity index (χ0) is 21.3. The Kier molecular flexibility index (Phi) is 5.33. The third kappa shape index (κ3) is 3.57. The van der Waals surface area contributed by atoms with E-state index in [1.54, 1.807) is 42.1 Å². The minimum atomic E-state index is -0.467. The topological polar surface area (TPSA) is 90.3 Å². The van der Waals surface area contributed by atoms with Crippen LogP contribution in [0.3, 0.4) is 0 Å². The van der Waals surface area contributed by atoms with Gasteiger partial charge in [-0.2, -0.15) is 10.1 Å². The summed E-state index contributed by atoms with van der Waals surface area (Å²) in [7, 11) is 3.11. The van der Waals surface area contributed by atoms with Gasteiger partial charge in [-0.15, -0.1) is 0 Å². The summed E-state index contributed by atoms with van der Waals surface area (Å²) in [6, 6.07) is 12.0. The maximum Gasteiger partial charge on any atom is 0.255 e. The molecule has 0 radical (unpaired) electrons. The zero-order valence-electron chi connectivity index (χ0n) is 16.6. The predicted octanol–water partition coefficient (Wildman–Crippen LogP) is 3.88. The third-order valence-electron chi connectivity index (χ3n) is 4.88. The van der Waals surface area contributed by atoms with Crippen molar-refractivity contribution in [3.63, 3.8) is 0 Å². The highest BCUT2D eigenvalue weighted by Crippen LogP contribution is 2.36. The van der Waals surface area contributed by atoms with E-state index in [-0.39, 0.29) is 5.91 Å². The molecular weight excluding hydrogens is 406 g/mol. The van der Waals surface area contributed by atoms with Crippen LogP contribution in [0.5, 0.6) is 11.5 Å². The first-order valence-electron chi connectivity index (χ1n) is 9.18. The molecule has 8 nitrogen and oxygen atoms in total. The van der Waals surface area contributed by atoms with Gasteiger partial charge in [-0.05, 0) is 36.8 Å². The molecule has 154 valence electrons. The van der Waals surface area contributed by atoms with Crippen LogP contribution >= 0.6 is 11.6 Å². The Balaban J connectivity index is 1.74. The third-order valence-corrected chi connectivity index (χ3v) is 5.13. The Labute approximate surface area is 178 Å². The number of ether oxygens (including phenoxy) is 2. The molecule has 0 fully saturated rings. The molecule has 0 saturated carbocycles. The van der Waals surface area contributed by atoms with E-state index in [0.717, 1.165) is 5.56 Å². The second-order valence-corrected chi connectivity index (χ2v) is 7.10. The number of halogens is 1. The zero-order valence-corrected chi connectivity index (χ0v) is 17.4. The number of amides is 1. The number of carbonyl (C=O) groups is 1.